The van der Waals surface area contributed by atoms with E-state index in [1.807, 2.05) is 73.7 Å². The molecule has 0 aliphatic carbocycles. The van der Waals surface area contributed by atoms with Crippen LogP contribution in [0.4, 0.5) is 0 Å². The number of aromatic nitrogens is 5. The number of nitrogens with one attached hydrogen (secondary N) is 1. The van der Waals surface area contributed by atoms with Gasteiger partial charge in [-0.1, -0.05) is 36.4 Å². The van der Waals surface area contributed by atoms with Crippen LogP contribution in [0.15, 0.2) is 71.5 Å². The second-order valence-corrected chi connectivity index (χ2v) is 9.60. The highest BCUT2D eigenvalue weighted by molar-refractivity contribution is 5.81. The number of hydrogen-bond acceptors (Lipinski definition) is 8. The number of pyridine rings is 1. The highest BCUT2D eigenvalue weighted by Gasteiger charge is 2.19. The third kappa shape index (κ3) is 5.32. The van der Waals surface area contributed by atoms with Gasteiger partial charge in [-0.15, -0.1) is 5.10 Å². The minimum atomic E-state index is -0.106. The Kier molecular flexibility index (Phi) is 6.68. The summed E-state index contributed by atoms with van der Waals surface area (Å²) in [6, 6.07) is 21.7. The molecule has 0 saturated heterocycles. The average Bonchev–Trinajstić information content (AvgIpc) is 3.59. The molecule has 39 heavy (non-hydrogen) atoms. The van der Waals surface area contributed by atoms with E-state index in [1.54, 1.807) is 11.8 Å². The van der Waals surface area contributed by atoms with Crippen molar-refractivity contribution < 1.29 is 14.2 Å². The van der Waals surface area contributed by atoms with Crippen LogP contribution in [-0.2, 0) is 26.2 Å². The predicted octanol–water partition coefficient (Wildman–Crippen LogP) is 3.81. The van der Waals surface area contributed by atoms with Crippen LogP contribution in [-0.4, -0.2) is 44.0 Å². The summed E-state index contributed by atoms with van der Waals surface area (Å²) in [7, 11) is 1.64. The summed E-state index contributed by atoms with van der Waals surface area (Å²) in [5.74, 6) is 2.94. The lowest BCUT2D eigenvalue weighted by Gasteiger charge is -2.22. The fourth-order valence-corrected chi connectivity index (χ4v) is 4.82. The van der Waals surface area contributed by atoms with Gasteiger partial charge in [0.05, 0.1) is 25.7 Å². The first-order valence-corrected chi connectivity index (χ1v) is 12.7. The molecule has 10 heteroatoms. The van der Waals surface area contributed by atoms with Crippen molar-refractivity contribution >= 4 is 10.9 Å². The number of H-pyrrole nitrogens is 1. The summed E-state index contributed by atoms with van der Waals surface area (Å²) < 4.78 is 18.1. The van der Waals surface area contributed by atoms with Crippen molar-refractivity contribution in [1.82, 2.24) is 30.1 Å². The van der Waals surface area contributed by atoms with Gasteiger partial charge in [0.15, 0.2) is 17.3 Å². The van der Waals surface area contributed by atoms with E-state index in [0.29, 0.717) is 37.6 Å². The average molecular weight is 525 g/mol. The van der Waals surface area contributed by atoms with E-state index in [4.69, 9.17) is 14.2 Å². The Labute approximate surface area is 224 Å². The smallest absolute Gasteiger partial charge is 0.252 e. The number of methoxy groups -OCH3 is 1. The van der Waals surface area contributed by atoms with E-state index in [0.717, 1.165) is 44.8 Å². The molecule has 0 atom stereocenters. The third-order valence-electron chi connectivity index (χ3n) is 6.86. The lowest BCUT2D eigenvalue weighted by Crippen LogP contribution is -2.28. The number of aryl methyl sites for hydroxylation is 1. The molecular formula is C29H28N6O4. The predicted molar refractivity (Wildman–Crippen MR) is 145 cm³/mol. The molecular weight excluding hydrogens is 496 g/mol. The quantitative estimate of drug-likeness (QED) is 0.310. The molecule has 1 aliphatic heterocycles. The molecule has 3 heterocycles. The van der Waals surface area contributed by atoms with Crippen LogP contribution in [0.25, 0.3) is 10.9 Å². The van der Waals surface area contributed by atoms with Crippen LogP contribution >= 0.6 is 0 Å². The number of para-hydroxylation sites is 1. The van der Waals surface area contributed by atoms with Gasteiger partial charge in [0, 0.05) is 18.7 Å². The second kappa shape index (κ2) is 10.6. The van der Waals surface area contributed by atoms with Gasteiger partial charge in [0.2, 0.25) is 6.79 Å². The van der Waals surface area contributed by atoms with E-state index in [-0.39, 0.29) is 12.4 Å². The van der Waals surface area contributed by atoms with Gasteiger partial charge < -0.3 is 19.2 Å². The molecule has 198 valence electrons. The molecule has 5 aromatic rings. The number of fused-ring (bicyclic) bond motifs is 2. The number of aromatic amines is 1. The summed E-state index contributed by atoms with van der Waals surface area (Å²) in [4.78, 5) is 18.3. The first-order chi connectivity index (χ1) is 19.1. The van der Waals surface area contributed by atoms with E-state index in [1.165, 1.54) is 0 Å². The number of ether oxygens (including phenoxy) is 3. The lowest BCUT2D eigenvalue weighted by molar-refractivity contribution is 0.174. The summed E-state index contributed by atoms with van der Waals surface area (Å²) in [6.45, 7) is 4.12. The molecule has 10 nitrogen and oxygen atoms in total. The fraction of sp³-hybridized carbons (Fsp3) is 0.241. The molecule has 0 fully saturated rings. The SMILES string of the molecule is COc1ccc(Cn2nnnc2CN(Cc2ccc3c(c2)OCO3)Cc2cc3cccc(C)c3[nH]c2=O)cc1. The Bertz CT molecular complexity index is 1680. The standard InChI is InChI=1S/C29H28N6O4/c1-19-4-3-5-22-13-23(29(36)30-28(19)22)16-34(14-21-8-11-25-26(12-21)39-18-38-25)17-27-31-32-33-35(27)15-20-6-9-24(37-2)10-7-20/h3-13H,14-18H2,1-2H3,(H,30,36). The van der Waals surface area contributed by atoms with E-state index >= 15 is 0 Å². The van der Waals surface area contributed by atoms with Gasteiger partial charge in [-0.05, 0) is 69.8 Å². The summed E-state index contributed by atoms with van der Waals surface area (Å²) in [6.07, 6.45) is 0. The van der Waals surface area contributed by atoms with Crippen LogP contribution in [0, 0.1) is 6.92 Å². The molecule has 1 aliphatic rings. The normalized spacial score (nSPS) is 12.4. The summed E-state index contributed by atoms with van der Waals surface area (Å²) in [5.41, 5.74) is 4.53. The monoisotopic (exact) mass is 524 g/mol. The molecule has 0 amide bonds. The van der Waals surface area contributed by atoms with Crippen LogP contribution in [0.3, 0.4) is 0 Å². The van der Waals surface area contributed by atoms with Gasteiger partial charge in [0.1, 0.15) is 5.75 Å². The van der Waals surface area contributed by atoms with Crippen molar-refractivity contribution in [2.24, 2.45) is 0 Å². The maximum atomic E-state index is 13.1. The van der Waals surface area contributed by atoms with Crippen molar-refractivity contribution in [2.75, 3.05) is 13.9 Å². The van der Waals surface area contributed by atoms with Gasteiger partial charge >= 0.3 is 0 Å². The number of hydrogen-bond donors (Lipinski definition) is 1. The van der Waals surface area contributed by atoms with Crippen molar-refractivity contribution in [3.8, 4) is 17.2 Å². The van der Waals surface area contributed by atoms with Gasteiger partial charge in [0.25, 0.3) is 5.56 Å². The maximum Gasteiger partial charge on any atom is 0.252 e. The van der Waals surface area contributed by atoms with E-state index in [2.05, 4.69) is 25.4 Å². The Balaban J connectivity index is 1.29. The first kappa shape index (κ1) is 24.6. The Hall–Kier alpha value is -4.70. The zero-order chi connectivity index (χ0) is 26.8. The summed E-state index contributed by atoms with van der Waals surface area (Å²) >= 11 is 0. The first-order valence-electron chi connectivity index (χ1n) is 12.7. The van der Waals surface area contributed by atoms with E-state index in [9.17, 15) is 4.79 Å². The topological polar surface area (TPSA) is 107 Å². The molecule has 0 radical (unpaired) electrons. The van der Waals surface area contributed by atoms with Crippen molar-refractivity contribution in [2.45, 2.75) is 33.1 Å². The van der Waals surface area contributed by atoms with Crippen molar-refractivity contribution in [3.63, 3.8) is 0 Å². The number of tetrazole rings is 1. The fourth-order valence-electron chi connectivity index (χ4n) is 4.82. The minimum absolute atomic E-state index is 0.106. The molecule has 6 rings (SSSR count). The molecule has 3 aromatic carbocycles. The van der Waals surface area contributed by atoms with Gasteiger partial charge in [-0.25, -0.2) is 4.68 Å². The number of nitrogens with zero attached hydrogens (tertiary/aromatic N) is 5. The Morgan fingerprint density at radius 1 is 0.974 bits per heavy atom. The van der Waals surface area contributed by atoms with Gasteiger partial charge in [-0.2, -0.15) is 0 Å². The molecule has 1 N–H and O–H groups in total. The summed E-state index contributed by atoms with van der Waals surface area (Å²) in [5, 5.41) is 13.5. The van der Waals surface area contributed by atoms with Crippen LogP contribution in [0.1, 0.15) is 28.1 Å². The maximum absolute atomic E-state index is 13.1. The Morgan fingerprint density at radius 2 is 1.79 bits per heavy atom. The molecule has 0 unspecified atom stereocenters. The number of rotatable bonds is 9. The third-order valence-corrected chi connectivity index (χ3v) is 6.86. The number of benzene rings is 3. The van der Waals surface area contributed by atoms with E-state index < -0.39 is 0 Å². The molecule has 0 saturated carbocycles. The van der Waals surface area contributed by atoms with Gasteiger partial charge in [-0.3, -0.25) is 9.69 Å². The lowest BCUT2D eigenvalue weighted by atomic mass is 10.1. The molecule has 0 bridgehead atoms. The second-order valence-electron chi connectivity index (χ2n) is 9.60. The highest BCUT2D eigenvalue weighted by atomic mass is 16.7. The minimum Gasteiger partial charge on any atom is -0.497 e. The molecule has 0 spiro atoms. The van der Waals surface area contributed by atoms with Crippen LogP contribution in [0.5, 0.6) is 17.2 Å². The largest absolute Gasteiger partial charge is 0.497 e. The zero-order valence-corrected chi connectivity index (χ0v) is 21.8. The van der Waals surface area contributed by atoms with Crippen molar-refractivity contribution in [1.29, 1.82) is 0 Å². The van der Waals surface area contributed by atoms with Crippen molar-refractivity contribution in [3.05, 3.63) is 105 Å². The Morgan fingerprint density at radius 3 is 2.64 bits per heavy atom. The highest BCUT2D eigenvalue weighted by Crippen LogP contribution is 2.33. The van der Waals surface area contributed by atoms with Crippen LogP contribution < -0.4 is 19.8 Å². The zero-order valence-electron chi connectivity index (χ0n) is 21.8. The van der Waals surface area contributed by atoms with Crippen LogP contribution in [0.2, 0.25) is 0 Å². The molecule has 2 aromatic heterocycles.